The SMILES string of the molecule is CC(Sc1nnc(-c2cccs2)n1Cc1ccccc1)C(=O)Nc1ccccc1[N+](=O)[O-]. The lowest BCUT2D eigenvalue weighted by atomic mass is 10.2. The van der Waals surface area contributed by atoms with Gasteiger partial charge in [-0.25, -0.2) is 0 Å². The Kier molecular flexibility index (Phi) is 6.62. The van der Waals surface area contributed by atoms with E-state index < -0.39 is 10.2 Å². The maximum atomic E-state index is 12.8. The predicted octanol–water partition coefficient (Wildman–Crippen LogP) is 5.08. The van der Waals surface area contributed by atoms with Crippen molar-refractivity contribution >= 4 is 40.4 Å². The van der Waals surface area contributed by atoms with Gasteiger partial charge >= 0.3 is 0 Å². The van der Waals surface area contributed by atoms with Crippen LogP contribution in [0.4, 0.5) is 11.4 Å². The Morgan fingerprint density at radius 2 is 1.88 bits per heavy atom. The second-order valence-electron chi connectivity index (χ2n) is 6.88. The van der Waals surface area contributed by atoms with E-state index in [0.717, 1.165) is 16.3 Å². The van der Waals surface area contributed by atoms with Crippen LogP contribution in [0.15, 0.2) is 77.3 Å². The smallest absolute Gasteiger partial charge is 0.292 e. The third-order valence-corrected chi connectivity index (χ3v) is 6.60. The number of aromatic nitrogens is 3. The van der Waals surface area contributed by atoms with Crippen molar-refractivity contribution in [3.05, 3.63) is 87.8 Å². The molecule has 0 aliphatic rings. The average molecular weight is 466 g/mol. The van der Waals surface area contributed by atoms with Crippen LogP contribution in [0.1, 0.15) is 12.5 Å². The number of nitrogens with one attached hydrogen (secondary N) is 1. The Labute approximate surface area is 192 Å². The summed E-state index contributed by atoms with van der Waals surface area (Å²) in [5.74, 6) is 0.383. The number of carbonyl (C=O) groups is 1. The van der Waals surface area contributed by atoms with Crippen LogP contribution >= 0.6 is 23.1 Å². The number of hydrogen-bond donors (Lipinski definition) is 1. The van der Waals surface area contributed by atoms with Gasteiger partial charge in [0, 0.05) is 6.07 Å². The molecule has 2 aromatic carbocycles. The number of amides is 1. The van der Waals surface area contributed by atoms with Crippen molar-refractivity contribution in [2.24, 2.45) is 0 Å². The average Bonchev–Trinajstić information content (AvgIpc) is 3.45. The van der Waals surface area contributed by atoms with Crippen LogP contribution in [-0.4, -0.2) is 30.8 Å². The maximum absolute atomic E-state index is 12.8. The van der Waals surface area contributed by atoms with Crippen molar-refractivity contribution in [1.29, 1.82) is 0 Å². The van der Waals surface area contributed by atoms with Crippen LogP contribution < -0.4 is 5.32 Å². The number of para-hydroxylation sites is 2. The first-order chi connectivity index (χ1) is 15.5. The highest BCUT2D eigenvalue weighted by molar-refractivity contribution is 8.00. The molecule has 8 nitrogen and oxygen atoms in total. The molecule has 1 N–H and O–H groups in total. The van der Waals surface area contributed by atoms with Crippen molar-refractivity contribution in [2.45, 2.75) is 23.9 Å². The van der Waals surface area contributed by atoms with Crippen molar-refractivity contribution < 1.29 is 9.72 Å². The molecule has 1 amide bonds. The van der Waals surface area contributed by atoms with Crippen LogP contribution in [0.25, 0.3) is 10.7 Å². The molecule has 0 saturated heterocycles. The van der Waals surface area contributed by atoms with E-state index in [4.69, 9.17) is 0 Å². The van der Waals surface area contributed by atoms with E-state index in [-0.39, 0.29) is 17.3 Å². The Morgan fingerprint density at radius 3 is 2.59 bits per heavy atom. The molecule has 0 fully saturated rings. The van der Waals surface area contributed by atoms with Crippen LogP contribution in [0, 0.1) is 10.1 Å². The zero-order valence-corrected chi connectivity index (χ0v) is 18.7. The molecule has 4 aromatic rings. The third-order valence-electron chi connectivity index (χ3n) is 4.65. The molecule has 2 aromatic heterocycles. The Morgan fingerprint density at radius 1 is 1.12 bits per heavy atom. The second-order valence-corrected chi connectivity index (χ2v) is 9.13. The number of nitro benzene ring substituents is 1. The molecule has 0 saturated carbocycles. The summed E-state index contributed by atoms with van der Waals surface area (Å²) in [4.78, 5) is 24.5. The molecule has 0 radical (unpaired) electrons. The number of thiophene rings is 1. The van der Waals surface area contributed by atoms with Crippen LogP contribution in [0.5, 0.6) is 0 Å². The number of hydrogen-bond acceptors (Lipinski definition) is 7. The van der Waals surface area contributed by atoms with Crippen LogP contribution in [-0.2, 0) is 11.3 Å². The van der Waals surface area contributed by atoms with E-state index in [0.29, 0.717) is 11.7 Å². The van der Waals surface area contributed by atoms with E-state index in [1.54, 1.807) is 30.4 Å². The Balaban J connectivity index is 1.57. The number of anilines is 1. The summed E-state index contributed by atoms with van der Waals surface area (Å²) in [5, 5.41) is 24.6. The van der Waals surface area contributed by atoms with Gasteiger partial charge in [0.05, 0.1) is 21.6 Å². The van der Waals surface area contributed by atoms with Gasteiger partial charge in [-0.1, -0.05) is 60.3 Å². The third kappa shape index (κ3) is 4.87. The molecule has 0 aliphatic heterocycles. The maximum Gasteiger partial charge on any atom is 0.292 e. The predicted molar refractivity (Wildman–Crippen MR) is 126 cm³/mol. The minimum atomic E-state index is -0.551. The standard InChI is InChI=1S/C22H19N5O3S2/c1-15(21(28)23-17-10-5-6-11-18(17)27(29)30)32-22-25-24-20(19-12-7-13-31-19)26(22)14-16-8-3-2-4-9-16/h2-13,15H,14H2,1H3,(H,23,28). The number of rotatable bonds is 8. The Bertz CT molecular complexity index is 1230. The highest BCUT2D eigenvalue weighted by Gasteiger charge is 2.23. The summed E-state index contributed by atoms with van der Waals surface area (Å²) in [6.45, 7) is 2.29. The monoisotopic (exact) mass is 465 g/mol. The molecular formula is C22H19N5O3S2. The first kappa shape index (κ1) is 21.7. The van der Waals surface area contributed by atoms with E-state index in [1.807, 2.05) is 52.4 Å². The topological polar surface area (TPSA) is 103 Å². The molecule has 0 spiro atoms. The van der Waals surface area contributed by atoms with Crippen molar-refractivity contribution in [3.8, 4) is 10.7 Å². The Hall–Kier alpha value is -3.50. The molecule has 4 rings (SSSR count). The first-order valence-corrected chi connectivity index (χ1v) is 11.5. The van der Waals surface area contributed by atoms with Crippen molar-refractivity contribution in [3.63, 3.8) is 0 Å². The quantitative estimate of drug-likeness (QED) is 0.221. The fourth-order valence-electron chi connectivity index (χ4n) is 3.06. The van der Waals surface area contributed by atoms with Gasteiger partial charge in [-0.15, -0.1) is 21.5 Å². The lowest BCUT2D eigenvalue weighted by Crippen LogP contribution is -2.23. The summed E-state index contributed by atoms with van der Waals surface area (Å²) >= 11 is 2.83. The van der Waals surface area contributed by atoms with Gasteiger partial charge in [0.25, 0.3) is 5.69 Å². The van der Waals surface area contributed by atoms with Gasteiger partial charge in [-0.05, 0) is 30.0 Å². The summed E-state index contributed by atoms with van der Waals surface area (Å²) < 4.78 is 1.99. The summed E-state index contributed by atoms with van der Waals surface area (Å²) in [6, 6.07) is 20.0. The highest BCUT2D eigenvalue weighted by atomic mass is 32.2. The fraction of sp³-hybridized carbons (Fsp3) is 0.136. The molecule has 10 heteroatoms. The number of benzene rings is 2. The summed E-state index contributed by atoms with van der Waals surface area (Å²) in [6.07, 6.45) is 0. The molecule has 0 aliphatic carbocycles. The van der Waals surface area contributed by atoms with Crippen molar-refractivity contribution in [1.82, 2.24) is 14.8 Å². The molecule has 2 heterocycles. The van der Waals surface area contributed by atoms with Gasteiger partial charge in [-0.3, -0.25) is 19.5 Å². The molecular weight excluding hydrogens is 446 g/mol. The largest absolute Gasteiger partial charge is 0.319 e. The number of nitro groups is 1. The van der Waals surface area contributed by atoms with E-state index in [1.165, 1.54) is 23.9 Å². The first-order valence-electron chi connectivity index (χ1n) is 9.75. The van der Waals surface area contributed by atoms with Gasteiger partial charge in [-0.2, -0.15) is 0 Å². The van der Waals surface area contributed by atoms with Gasteiger partial charge < -0.3 is 5.32 Å². The second kappa shape index (κ2) is 9.75. The highest BCUT2D eigenvalue weighted by Crippen LogP contribution is 2.31. The van der Waals surface area contributed by atoms with Crippen LogP contribution in [0.2, 0.25) is 0 Å². The number of thioether (sulfide) groups is 1. The van der Waals surface area contributed by atoms with E-state index >= 15 is 0 Å². The number of nitrogens with zero attached hydrogens (tertiary/aromatic N) is 4. The van der Waals surface area contributed by atoms with Gasteiger partial charge in [0.15, 0.2) is 11.0 Å². The minimum Gasteiger partial charge on any atom is -0.319 e. The molecule has 0 bridgehead atoms. The van der Waals surface area contributed by atoms with Gasteiger partial charge in [0.2, 0.25) is 5.91 Å². The lowest BCUT2D eigenvalue weighted by Gasteiger charge is -2.14. The molecule has 1 unspecified atom stereocenters. The molecule has 1 atom stereocenters. The summed E-state index contributed by atoms with van der Waals surface area (Å²) in [5.41, 5.74) is 1.11. The zero-order valence-electron chi connectivity index (χ0n) is 17.0. The molecule has 162 valence electrons. The molecule has 32 heavy (non-hydrogen) atoms. The van der Waals surface area contributed by atoms with Gasteiger partial charge in [0.1, 0.15) is 5.69 Å². The normalized spacial score (nSPS) is 11.8. The fourth-order valence-corrected chi connectivity index (χ4v) is 4.62. The minimum absolute atomic E-state index is 0.148. The lowest BCUT2D eigenvalue weighted by molar-refractivity contribution is -0.383. The summed E-state index contributed by atoms with van der Waals surface area (Å²) in [7, 11) is 0. The van der Waals surface area contributed by atoms with Crippen molar-refractivity contribution in [2.75, 3.05) is 5.32 Å². The van der Waals surface area contributed by atoms with Crippen LogP contribution in [0.3, 0.4) is 0 Å². The number of carbonyl (C=O) groups excluding carboxylic acids is 1. The van der Waals surface area contributed by atoms with E-state index in [9.17, 15) is 14.9 Å². The zero-order chi connectivity index (χ0) is 22.5. The van der Waals surface area contributed by atoms with E-state index in [2.05, 4.69) is 15.5 Å².